The van der Waals surface area contributed by atoms with Crippen molar-refractivity contribution in [3.8, 4) is 0 Å². The normalized spacial score (nSPS) is 15.3. The summed E-state index contributed by atoms with van der Waals surface area (Å²) in [6.45, 7) is 4.16. The minimum Gasteiger partial charge on any atom is -0.393 e. The monoisotopic (exact) mass is 233 g/mol. The first kappa shape index (κ1) is 11.0. The van der Waals surface area contributed by atoms with Crippen molar-refractivity contribution in [2.24, 2.45) is 11.7 Å². The Morgan fingerprint density at radius 1 is 1.54 bits per heavy atom. The standard InChI is InChI=1S/C9H12ClNS2/c1-5(6(2)9(11)12)7-3-4-8(10)13-7/h3-6H,1-2H3,(H2,11,12). The molecule has 0 fully saturated rings. The highest BCUT2D eigenvalue weighted by Gasteiger charge is 2.17. The Kier molecular flexibility index (Phi) is 3.71. The Labute approximate surface area is 92.9 Å². The largest absolute Gasteiger partial charge is 0.393 e. The molecule has 1 heterocycles. The van der Waals surface area contributed by atoms with Crippen LogP contribution in [0.4, 0.5) is 0 Å². The Hall–Kier alpha value is -0.120. The Bertz CT molecular complexity index is 308. The average molecular weight is 234 g/mol. The van der Waals surface area contributed by atoms with Crippen molar-refractivity contribution in [2.75, 3.05) is 0 Å². The molecule has 0 bridgehead atoms. The second kappa shape index (κ2) is 4.40. The molecule has 1 aromatic heterocycles. The van der Waals surface area contributed by atoms with Gasteiger partial charge in [0, 0.05) is 10.8 Å². The van der Waals surface area contributed by atoms with E-state index in [2.05, 4.69) is 6.92 Å². The number of hydrogen-bond acceptors (Lipinski definition) is 2. The summed E-state index contributed by atoms with van der Waals surface area (Å²) >= 11 is 12.4. The number of hydrogen-bond donors (Lipinski definition) is 1. The van der Waals surface area contributed by atoms with E-state index < -0.39 is 0 Å². The Morgan fingerprint density at radius 2 is 2.15 bits per heavy atom. The zero-order valence-electron chi connectivity index (χ0n) is 7.58. The SMILES string of the molecule is CC(C(N)=S)C(C)c1ccc(Cl)s1. The maximum atomic E-state index is 5.84. The summed E-state index contributed by atoms with van der Waals surface area (Å²) < 4.78 is 0.817. The van der Waals surface area contributed by atoms with E-state index in [9.17, 15) is 0 Å². The molecule has 0 radical (unpaired) electrons. The first-order valence-electron chi connectivity index (χ1n) is 4.07. The predicted octanol–water partition coefficient (Wildman–Crippen LogP) is 3.43. The molecule has 13 heavy (non-hydrogen) atoms. The molecule has 1 nitrogen and oxygen atoms in total. The minimum absolute atomic E-state index is 0.227. The van der Waals surface area contributed by atoms with Crippen LogP contribution in [-0.2, 0) is 0 Å². The molecule has 0 aliphatic heterocycles. The van der Waals surface area contributed by atoms with Gasteiger partial charge in [0.05, 0.1) is 9.32 Å². The van der Waals surface area contributed by atoms with E-state index in [0.29, 0.717) is 10.9 Å². The van der Waals surface area contributed by atoms with Crippen LogP contribution < -0.4 is 5.73 Å². The van der Waals surface area contributed by atoms with Crippen LogP contribution in [0.3, 0.4) is 0 Å². The molecule has 0 spiro atoms. The molecule has 0 aromatic carbocycles. The number of thiocarbonyl (C=S) groups is 1. The number of rotatable bonds is 3. The van der Waals surface area contributed by atoms with Crippen molar-refractivity contribution < 1.29 is 0 Å². The highest BCUT2D eigenvalue weighted by atomic mass is 35.5. The predicted molar refractivity (Wildman–Crippen MR) is 63.7 cm³/mol. The van der Waals surface area contributed by atoms with Crippen molar-refractivity contribution in [2.45, 2.75) is 19.8 Å². The second-order valence-electron chi connectivity index (χ2n) is 3.12. The van der Waals surface area contributed by atoms with Crippen LogP contribution in [0.2, 0.25) is 4.34 Å². The molecule has 0 saturated carbocycles. The third-order valence-corrected chi connectivity index (χ3v) is 4.05. The third-order valence-electron chi connectivity index (χ3n) is 2.24. The fourth-order valence-corrected chi connectivity index (χ4v) is 2.49. The molecule has 1 rings (SSSR count). The maximum Gasteiger partial charge on any atom is 0.0931 e. The summed E-state index contributed by atoms with van der Waals surface area (Å²) in [6.07, 6.45) is 0. The maximum absolute atomic E-state index is 5.84. The van der Waals surface area contributed by atoms with Crippen molar-refractivity contribution in [1.29, 1.82) is 0 Å². The molecule has 2 unspecified atom stereocenters. The number of halogens is 1. The average Bonchev–Trinajstić information content (AvgIpc) is 2.49. The lowest BCUT2D eigenvalue weighted by Gasteiger charge is -2.16. The van der Waals surface area contributed by atoms with Gasteiger partial charge in [0.2, 0.25) is 0 Å². The first-order valence-corrected chi connectivity index (χ1v) is 5.67. The molecule has 2 N–H and O–H groups in total. The molecule has 72 valence electrons. The van der Waals surface area contributed by atoms with E-state index in [4.69, 9.17) is 29.6 Å². The molecular formula is C9H12ClNS2. The highest BCUT2D eigenvalue weighted by molar-refractivity contribution is 7.80. The molecule has 2 atom stereocenters. The van der Waals surface area contributed by atoms with Gasteiger partial charge in [-0.3, -0.25) is 0 Å². The van der Waals surface area contributed by atoms with Crippen molar-refractivity contribution in [3.05, 3.63) is 21.3 Å². The van der Waals surface area contributed by atoms with Gasteiger partial charge >= 0.3 is 0 Å². The van der Waals surface area contributed by atoms with Gasteiger partial charge in [-0.25, -0.2) is 0 Å². The highest BCUT2D eigenvalue weighted by Crippen LogP contribution is 2.32. The van der Waals surface area contributed by atoms with Gasteiger partial charge in [-0.05, 0) is 18.1 Å². The van der Waals surface area contributed by atoms with E-state index in [1.165, 1.54) is 4.88 Å². The van der Waals surface area contributed by atoms with Gasteiger partial charge in [0.15, 0.2) is 0 Å². The lowest BCUT2D eigenvalue weighted by molar-refractivity contribution is 0.637. The summed E-state index contributed by atoms with van der Waals surface area (Å²) in [7, 11) is 0. The van der Waals surface area contributed by atoms with Crippen LogP contribution >= 0.6 is 35.2 Å². The first-order chi connectivity index (χ1) is 6.02. The van der Waals surface area contributed by atoms with Gasteiger partial charge in [-0.1, -0.05) is 37.7 Å². The Balaban J connectivity index is 2.78. The summed E-state index contributed by atoms with van der Waals surface area (Å²) in [6, 6.07) is 3.94. The van der Waals surface area contributed by atoms with Crippen molar-refractivity contribution in [3.63, 3.8) is 0 Å². The van der Waals surface area contributed by atoms with Crippen molar-refractivity contribution in [1.82, 2.24) is 0 Å². The molecule has 0 amide bonds. The quantitative estimate of drug-likeness (QED) is 0.810. The lowest BCUT2D eigenvalue weighted by atomic mass is 9.95. The molecule has 0 saturated heterocycles. The van der Waals surface area contributed by atoms with Crippen LogP contribution in [0.15, 0.2) is 12.1 Å². The topological polar surface area (TPSA) is 26.0 Å². The molecule has 4 heteroatoms. The van der Waals surface area contributed by atoms with Crippen LogP contribution in [0.1, 0.15) is 24.6 Å². The zero-order valence-corrected chi connectivity index (χ0v) is 9.97. The fraction of sp³-hybridized carbons (Fsp3) is 0.444. The Morgan fingerprint density at radius 3 is 2.54 bits per heavy atom. The number of thiophene rings is 1. The van der Waals surface area contributed by atoms with Crippen LogP contribution in [-0.4, -0.2) is 4.99 Å². The lowest BCUT2D eigenvalue weighted by Crippen LogP contribution is -2.22. The van der Waals surface area contributed by atoms with Gasteiger partial charge in [0.25, 0.3) is 0 Å². The fourth-order valence-electron chi connectivity index (χ4n) is 1.07. The summed E-state index contributed by atoms with van der Waals surface area (Å²) in [4.78, 5) is 1.81. The molecule has 1 aromatic rings. The zero-order chi connectivity index (χ0) is 10.0. The van der Waals surface area contributed by atoms with E-state index in [0.717, 1.165) is 4.34 Å². The van der Waals surface area contributed by atoms with E-state index in [1.54, 1.807) is 11.3 Å². The van der Waals surface area contributed by atoms with Gasteiger partial charge in [-0.2, -0.15) is 0 Å². The van der Waals surface area contributed by atoms with Gasteiger partial charge in [0.1, 0.15) is 0 Å². The van der Waals surface area contributed by atoms with E-state index >= 15 is 0 Å². The second-order valence-corrected chi connectivity index (χ2v) is 5.34. The summed E-state index contributed by atoms with van der Waals surface area (Å²) in [5, 5.41) is 0. The third kappa shape index (κ3) is 2.66. The van der Waals surface area contributed by atoms with Gasteiger partial charge < -0.3 is 5.73 Å². The van der Waals surface area contributed by atoms with Crippen molar-refractivity contribution >= 4 is 40.1 Å². The minimum atomic E-state index is 0.227. The summed E-state index contributed by atoms with van der Waals surface area (Å²) in [5.74, 6) is 0.583. The summed E-state index contributed by atoms with van der Waals surface area (Å²) in [5.41, 5.74) is 5.58. The molecule has 0 aliphatic rings. The van der Waals surface area contributed by atoms with E-state index in [-0.39, 0.29) is 5.92 Å². The van der Waals surface area contributed by atoms with E-state index in [1.807, 2.05) is 19.1 Å². The smallest absolute Gasteiger partial charge is 0.0931 e. The molecular weight excluding hydrogens is 222 g/mol. The van der Waals surface area contributed by atoms with Crippen LogP contribution in [0.25, 0.3) is 0 Å². The molecule has 0 aliphatic carbocycles. The van der Waals surface area contributed by atoms with Gasteiger partial charge in [-0.15, -0.1) is 11.3 Å². The number of nitrogens with two attached hydrogens (primary N) is 1. The van der Waals surface area contributed by atoms with Crippen LogP contribution in [0, 0.1) is 5.92 Å². The van der Waals surface area contributed by atoms with Crippen LogP contribution in [0.5, 0.6) is 0 Å².